The molecule has 26 heavy (non-hydrogen) atoms. The van der Waals surface area contributed by atoms with Crippen molar-refractivity contribution >= 4 is 5.91 Å². The predicted molar refractivity (Wildman–Crippen MR) is 100 cm³/mol. The topological polar surface area (TPSA) is 51.7 Å². The van der Waals surface area contributed by atoms with Crippen LogP contribution < -0.4 is 9.47 Å². The Morgan fingerprint density at radius 1 is 1.15 bits per heavy atom. The number of ether oxygens (including phenoxy) is 2. The van der Waals surface area contributed by atoms with E-state index in [9.17, 15) is 4.79 Å². The van der Waals surface area contributed by atoms with Crippen LogP contribution >= 0.6 is 0 Å². The number of pyridine rings is 1. The van der Waals surface area contributed by atoms with E-state index in [0.29, 0.717) is 24.9 Å². The molecule has 2 heterocycles. The third kappa shape index (κ3) is 5.22. The lowest BCUT2D eigenvalue weighted by Crippen LogP contribution is -2.43. The number of likely N-dealkylation sites (tertiary alicyclic amines) is 1. The van der Waals surface area contributed by atoms with E-state index in [1.807, 2.05) is 61.2 Å². The van der Waals surface area contributed by atoms with Crippen molar-refractivity contribution in [3.8, 4) is 11.6 Å². The molecule has 0 N–H and O–H groups in total. The Hall–Kier alpha value is -2.56. The van der Waals surface area contributed by atoms with Gasteiger partial charge in [-0.3, -0.25) is 4.79 Å². The van der Waals surface area contributed by atoms with Gasteiger partial charge in [0.15, 0.2) is 6.61 Å². The fourth-order valence-electron chi connectivity index (χ4n) is 3.10. The Kier molecular flexibility index (Phi) is 6.10. The molecule has 0 saturated carbocycles. The third-order valence-electron chi connectivity index (χ3n) is 4.58. The van der Waals surface area contributed by atoms with Gasteiger partial charge in [0.05, 0.1) is 6.61 Å². The minimum absolute atomic E-state index is 0.0314. The number of aryl methyl sites for hydroxylation is 2. The normalized spacial score (nSPS) is 17.0. The first-order valence-electron chi connectivity index (χ1n) is 9.14. The smallest absolute Gasteiger partial charge is 0.260 e. The van der Waals surface area contributed by atoms with E-state index in [4.69, 9.17) is 9.47 Å². The summed E-state index contributed by atoms with van der Waals surface area (Å²) in [6.07, 6.45) is 2.06. The van der Waals surface area contributed by atoms with E-state index >= 15 is 0 Å². The van der Waals surface area contributed by atoms with Crippen LogP contribution in [0.25, 0.3) is 0 Å². The lowest BCUT2D eigenvalue weighted by molar-refractivity contribution is -0.135. The number of benzene rings is 1. The molecule has 2 aromatic rings. The molecule has 0 spiro atoms. The van der Waals surface area contributed by atoms with Gasteiger partial charge in [-0.15, -0.1) is 0 Å². The maximum absolute atomic E-state index is 12.5. The maximum Gasteiger partial charge on any atom is 0.260 e. The average molecular weight is 354 g/mol. The summed E-state index contributed by atoms with van der Waals surface area (Å²) in [5.41, 5.74) is 2.11. The summed E-state index contributed by atoms with van der Waals surface area (Å²) in [4.78, 5) is 18.7. The van der Waals surface area contributed by atoms with Crippen LogP contribution in [-0.2, 0) is 4.79 Å². The molecule has 1 amide bonds. The Morgan fingerprint density at radius 2 is 1.96 bits per heavy atom. The number of amides is 1. The third-order valence-corrected chi connectivity index (χ3v) is 4.58. The molecule has 1 atom stereocenters. The van der Waals surface area contributed by atoms with E-state index in [1.165, 1.54) is 5.56 Å². The molecule has 1 saturated heterocycles. The van der Waals surface area contributed by atoms with Gasteiger partial charge in [0.1, 0.15) is 5.75 Å². The summed E-state index contributed by atoms with van der Waals surface area (Å²) < 4.78 is 11.4. The lowest BCUT2D eigenvalue weighted by Gasteiger charge is -2.32. The summed E-state index contributed by atoms with van der Waals surface area (Å²) in [7, 11) is 0. The van der Waals surface area contributed by atoms with Crippen molar-refractivity contribution in [1.82, 2.24) is 9.88 Å². The average Bonchev–Trinajstić information content (AvgIpc) is 2.66. The number of rotatable bonds is 6. The molecule has 138 valence electrons. The minimum Gasteiger partial charge on any atom is -0.484 e. The molecule has 5 heteroatoms. The van der Waals surface area contributed by atoms with Crippen molar-refractivity contribution in [3.05, 3.63) is 53.7 Å². The van der Waals surface area contributed by atoms with Gasteiger partial charge in [-0.1, -0.05) is 23.8 Å². The van der Waals surface area contributed by atoms with E-state index in [0.717, 1.165) is 30.8 Å². The fraction of sp³-hybridized carbons (Fsp3) is 0.429. The molecule has 1 fully saturated rings. The summed E-state index contributed by atoms with van der Waals surface area (Å²) in [5, 5.41) is 0. The molecule has 0 bridgehead atoms. The highest BCUT2D eigenvalue weighted by molar-refractivity contribution is 5.77. The summed E-state index contributed by atoms with van der Waals surface area (Å²) in [6.45, 7) is 6.13. The second kappa shape index (κ2) is 8.70. The lowest BCUT2D eigenvalue weighted by atomic mass is 9.99. The van der Waals surface area contributed by atoms with Gasteiger partial charge >= 0.3 is 0 Å². The Balaban J connectivity index is 1.46. The van der Waals surface area contributed by atoms with Crippen LogP contribution in [0.3, 0.4) is 0 Å². The van der Waals surface area contributed by atoms with E-state index < -0.39 is 0 Å². The highest BCUT2D eigenvalue weighted by Crippen LogP contribution is 2.19. The Bertz CT molecular complexity index is 730. The molecule has 3 rings (SSSR count). The van der Waals surface area contributed by atoms with Crippen molar-refractivity contribution in [2.45, 2.75) is 26.7 Å². The first kappa shape index (κ1) is 18.2. The quantitative estimate of drug-likeness (QED) is 0.798. The number of aromatic nitrogens is 1. The van der Waals surface area contributed by atoms with E-state index in [2.05, 4.69) is 4.98 Å². The van der Waals surface area contributed by atoms with Crippen LogP contribution in [0.1, 0.15) is 24.1 Å². The van der Waals surface area contributed by atoms with Gasteiger partial charge in [-0.25, -0.2) is 4.98 Å². The largest absolute Gasteiger partial charge is 0.484 e. The number of carbonyl (C=O) groups is 1. The van der Waals surface area contributed by atoms with Gasteiger partial charge in [-0.05, 0) is 44.9 Å². The molecule has 1 aliphatic heterocycles. The molecule has 1 unspecified atom stereocenters. The van der Waals surface area contributed by atoms with Gasteiger partial charge in [-0.2, -0.15) is 0 Å². The van der Waals surface area contributed by atoms with Crippen molar-refractivity contribution in [1.29, 1.82) is 0 Å². The summed E-state index contributed by atoms with van der Waals surface area (Å²) in [6, 6.07) is 13.5. The van der Waals surface area contributed by atoms with Crippen LogP contribution in [0.15, 0.2) is 42.5 Å². The fourth-order valence-corrected chi connectivity index (χ4v) is 3.10. The minimum atomic E-state index is 0.0314. The van der Waals surface area contributed by atoms with Gasteiger partial charge in [0, 0.05) is 30.8 Å². The predicted octanol–water partition coefficient (Wildman–Crippen LogP) is 3.39. The molecule has 1 aromatic heterocycles. The van der Waals surface area contributed by atoms with Crippen molar-refractivity contribution in [2.24, 2.45) is 5.92 Å². The van der Waals surface area contributed by atoms with Crippen LogP contribution in [0.5, 0.6) is 11.6 Å². The number of nitrogens with zero attached hydrogens (tertiary/aromatic N) is 2. The first-order valence-corrected chi connectivity index (χ1v) is 9.14. The highest BCUT2D eigenvalue weighted by atomic mass is 16.5. The number of carbonyl (C=O) groups excluding carboxylic acids is 1. The summed E-state index contributed by atoms with van der Waals surface area (Å²) >= 11 is 0. The Morgan fingerprint density at radius 3 is 2.73 bits per heavy atom. The maximum atomic E-state index is 12.5. The van der Waals surface area contributed by atoms with E-state index in [1.54, 1.807) is 0 Å². The van der Waals surface area contributed by atoms with Crippen LogP contribution in [0.4, 0.5) is 0 Å². The van der Waals surface area contributed by atoms with Gasteiger partial charge in [0.25, 0.3) is 5.91 Å². The van der Waals surface area contributed by atoms with Gasteiger partial charge in [0.2, 0.25) is 5.88 Å². The molecule has 0 aliphatic carbocycles. The number of piperidine rings is 1. The van der Waals surface area contributed by atoms with Gasteiger partial charge < -0.3 is 14.4 Å². The van der Waals surface area contributed by atoms with Crippen LogP contribution in [0, 0.1) is 19.8 Å². The van der Waals surface area contributed by atoms with Crippen molar-refractivity contribution in [3.63, 3.8) is 0 Å². The highest BCUT2D eigenvalue weighted by Gasteiger charge is 2.24. The second-order valence-electron chi connectivity index (χ2n) is 6.88. The summed E-state index contributed by atoms with van der Waals surface area (Å²) in [5.74, 6) is 1.74. The molecule has 1 aromatic carbocycles. The van der Waals surface area contributed by atoms with E-state index in [-0.39, 0.29) is 12.5 Å². The zero-order chi connectivity index (χ0) is 18.4. The van der Waals surface area contributed by atoms with Crippen LogP contribution in [0.2, 0.25) is 0 Å². The Labute approximate surface area is 155 Å². The van der Waals surface area contributed by atoms with Crippen molar-refractivity contribution in [2.75, 3.05) is 26.3 Å². The zero-order valence-electron chi connectivity index (χ0n) is 15.5. The standard InChI is InChI=1S/C21H26N2O3/c1-16-8-10-19(11-9-16)25-15-21(24)23-12-4-6-18(13-23)14-26-20-7-3-5-17(2)22-20/h3,5,7-11,18H,4,6,12-15H2,1-2H3. The first-order chi connectivity index (χ1) is 12.6. The second-order valence-corrected chi connectivity index (χ2v) is 6.88. The molecule has 1 aliphatic rings. The molecule has 5 nitrogen and oxygen atoms in total. The van der Waals surface area contributed by atoms with Crippen molar-refractivity contribution < 1.29 is 14.3 Å². The zero-order valence-corrected chi connectivity index (χ0v) is 15.5. The molecular weight excluding hydrogens is 328 g/mol. The SMILES string of the molecule is Cc1ccc(OCC(=O)N2CCCC(COc3cccc(C)n3)C2)cc1. The number of hydrogen-bond acceptors (Lipinski definition) is 4. The number of hydrogen-bond donors (Lipinski definition) is 0. The van der Waals surface area contributed by atoms with Crippen LogP contribution in [-0.4, -0.2) is 42.1 Å². The monoisotopic (exact) mass is 354 g/mol. The molecule has 0 radical (unpaired) electrons. The molecular formula is C21H26N2O3.